The highest BCUT2D eigenvalue weighted by Crippen LogP contribution is 2.36. The fourth-order valence-corrected chi connectivity index (χ4v) is 1.65. The van der Waals surface area contributed by atoms with Gasteiger partial charge in [-0.3, -0.25) is 4.79 Å². The molecule has 2 fully saturated rings. The lowest BCUT2D eigenvalue weighted by Gasteiger charge is -2.30. The van der Waals surface area contributed by atoms with Gasteiger partial charge in [0.1, 0.15) is 0 Å². The van der Waals surface area contributed by atoms with Crippen LogP contribution in [0.3, 0.4) is 0 Å². The number of Topliss-reactive ketones (excluding diaryl/α,β-unsaturated/α-hetero) is 1. The minimum absolute atomic E-state index is 0.498. The van der Waals surface area contributed by atoms with Crippen LogP contribution in [-0.4, -0.2) is 23.5 Å². The molecule has 0 amide bonds. The maximum Gasteiger partial charge on any atom is 0.390 e. The molecule has 13 heavy (non-hydrogen) atoms. The minimum Gasteiger partial charge on any atom is -0.416 e. The van der Waals surface area contributed by atoms with E-state index < -0.39 is 23.5 Å². The summed E-state index contributed by atoms with van der Waals surface area (Å²) in [6, 6.07) is 0. The first-order valence-corrected chi connectivity index (χ1v) is 4.14. The molecule has 5 nitrogen and oxygen atoms in total. The fourth-order valence-electron chi connectivity index (χ4n) is 1.65. The van der Waals surface area contributed by atoms with Gasteiger partial charge in [0, 0.05) is 12.8 Å². The minimum atomic E-state index is -1.21. The van der Waals surface area contributed by atoms with Gasteiger partial charge in [0.15, 0.2) is 0 Å². The zero-order chi connectivity index (χ0) is 9.47. The van der Waals surface area contributed by atoms with E-state index in [2.05, 4.69) is 0 Å². The first kappa shape index (κ1) is 8.22. The van der Waals surface area contributed by atoms with Crippen LogP contribution < -0.4 is 0 Å². The number of hydrogen-bond acceptors (Lipinski definition) is 5. The second kappa shape index (κ2) is 2.55. The van der Waals surface area contributed by atoms with Crippen LogP contribution in [-0.2, 0) is 23.9 Å². The molecule has 0 bridgehead atoms. The van der Waals surface area contributed by atoms with Crippen molar-refractivity contribution in [2.24, 2.45) is 0 Å². The maximum atomic E-state index is 10.9. The van der Waals surface area contributed by atoms with Crippen LogP contribution in [0.1, 0.15) is 25.7 Å². The van der Waals surface area contributed by atoms with Gasteiger partial charge in [-0.15, -0.1) is 0 Å². The van der Waals surface area contributed by atoms with Gasteiger partial charge in [-0.25, -0.2) is 9.59 Å². The number of rotatable bonds is 0. The molecule has 0 unspecified atom stereocenters. The zero-order valence-electron chi connectivity index (χ0n) is 6.87. The second-order valence-electron chi connectivity index (χ2n) is 3.23. The molecule has 1 aliphatic carbocycles. The van der Waals surface area contributed by atoms with Crippen molar-refractivity contribution in [2.45, 2.75) is 31.5 Å². The van der Waals surface area contributed by atoms with Crippen molar-refractivity contribution in [3.8, 4) is 0 Å². The summed E-state index contributed by atoms with van der Waals surface area (Å²) in [5.74, 6) is -4.50. The van der Waals surface area contributed by atoms with Gasteiger partial charge in [0.25, 0.3) is 5.79 Å². The average Bonchev–Trinajstić information content (AvgIpc) is 2.49. The SMILES string of the molecule is O=C1OC2(CCCC2)OC(=O)C1=O. The predicted octanol–water partition coefficient (Wildman–Crippen LogP) is -0.0742. The second-order valence-corrected chi connectivity index (χ2v) is 3.23. The first-order chi connectivity index (χ1) is 6.13. The number of ketones is 1. The van der Waals surface area contributed by atoms with E-state index in [1.165, 1.54) is 0 Å². The third kappa shape index (κ3) is 1.20. The summed E-state index contributed by atoms with van der Waals surface area (Å²) in [6.45, 7) is 0. The molecule has 0 aromatic rings. The van der Waals surface area contributed by atoms with Crippen LogP contribution in [0.15, 0.2) is 0 Å². The van der Waals surface area contributed by atoms with Crippen LogP contribution in [0.2, 0.25) is 0 Å². The quantitative estimate of drug-likeness (QED) is 0.389. The zero-order valence-corrected chi connectivity index (χ0v) is 6.87. The Hall–Kier alpha value is -1.39. The molecule has 1 heterocycles. The summed E-state index contributed by atoms with van der Waals surface area (Å²) < 4.78 is 9.57. The Morgan fingerprint density at radius 3 is 1.85 bits per heavy atom. The van der Waals surface area contributed by atoms with Crippen LogP contribution in [0.5, 0.6) is 0 Å². The highest BCUT2D eigenvalue weighted by Gasteiger charge is 2.49. The normalized spacial score (nSPS) is 26.0. The van der Waals surface area contributed by atoms with E-state index in [0.717, 1.165) is 12.8 Å². The van der Waals surface area contributed by atoms with Gasteiger partial charge in [-0.05, 0) is 12.8 Å². The summed E-state index contributed by atoms with van der Waals surface area (Å²) in [4.78, 5) is 32.5. The van der Waals surface area contributed by atoms with Crippen LogP contribution in [0.4, 0.5) is 0 Å². The summed E-state index contributed by atoms with van der Waals surface area (Å²) in [5.41, 5.74) is 0. The maximum absolute atomic E-state index is 10.9. The number of esters is 2. The highest BCUT2D eigenvalue weighted by atomic mass is 16.7. The molecule has 0 atom stereocenters. The van der Waals surface area contributed by atoms with E-state index in [4.69, 9.17) is 9.47 Å². The van der Waals surface area contributed by atoms with Crippen molar-refractivity contribution in [3.05, 3.63) is 0 Å². The molecule has 70 valence electrons. The molecule has 2 rings (SSSR count). The molecule has 0 aromatic carbocycles. The average molecular weight is 184 g/mol. The largest absolute Gasteiger partial charge is 0.416 e. The molecule has 1 saturated carbocycles. The Balaban J connectivity index is 2.22. The van der Waals surface area contributed by atoms with Crippen molar-refractivity contribution in [1.29, 1.82) is 0 Å². The third-order valence-electron chi connectivity index (χ3n) is 2.29. The Labute approximate surface area is 74.0 Å². The summed E-state index contributed by atoms with van der Waals surface area (Å²) >= 11 is 0. The number of carbonyl (C=O) groups is 3. The van der Waals surface area contributed by atoms with Gasteiger partial charge in [-0.1, -0.05) is 0 Å². The van der Waals surface area contributed by atoms with Gasteiger partial charge < -0.3 is 9.47 Å². The van der Waals surface area contributed by atoms with Crippen LogP contribution in [0.25, 0.3) is 0 Å². The van der Waals surface area contributed by atoms with Gasteiger partial charge in [-0.2, -0.15) is 0 Å². The molecular formula is C8H8O5. The first-order valence-electron chi connectivity index (χ1n) is 4.14. The van der Waals surface area contributed by atoms with Crippen LogP contribution >= 0.6 is 0 Å². The van der Waals surface area contributed by atoms with E-state index in [1.807, 2.05) is 0 Å². The van der Waals surface area contributed by atoms with Crippen molar-refractivity contribution in [1.82, 2.24) is 0 Å². The van der Waals surface area contributed by atoms with Crippen molar-refractivity contribution >= 4 is 17.7 Å². The molecule has 2 aliphatic rings. The molecule has 1 saturated heterocycles. The lowest BCUT2D eigenvalue weighted by Crippen LogP contribution is -2.48. The Kier molecular flexibility index (Phi) is 1.61. The standard InChI is InChI=1S/C8H8O5/c9-5-6(10)12-8(13-7(5)11)3-1-2-4-8/h1-4H2. The van der Waals surface area contributed by atoms with Gasteiger partial charge in [0.05, 0.1) is 0 Å². The highest BCUT2D eigenvalue weighted by molar-refractivity contribution is 6.60. The molecular weight excluding hydrogens is 176 g/mol. The lowest BCUT2D eigenvalue weighted by atomic mass is 10.2. The van der Waals surface area contributed by atoms with E-state index in [9.17, 15) is 14.4 Å². The Morgan fingerprint density at radius 1 is 0.923 bits per heavy atom. The summed E-state index contributed by atoms with van der Waals surface area (Å²) in [6.07, 6.45) is 2.68. The molecule has 0 aromatic heterocycles. The number of ether oxygens (including phenoxy) is 2. The van der Waals surface area contributed by atoms with Gasteiger partial charge in [0.2, 0.25) is 0 Å². The molecule has 5 heteroatoms. The molecule has 0 N–H and O–H groups in total. The molecule has 1 spiro atoms. The molecule has 0 radical (unpaired) electrons. The predicted molar refractivity (Wildman–Crippen MR) is 38.4 cm³/mol. The van der Waals surface area contributed by atoms with Crippen molar-refractivity contribution in [3.63, 3.8) is 0 Å². The monoisotopic (exact) mass is 184 g/mol. The fraction of sp³-hybridized carbons (Fsp3) is 0.625. The Morgan fingerprint density at radius 2 is 1.38 bits per heavy atom. The van der Waals surface area contributed by atoms with E-state index in [0.29, 0.717) is 12.8 Å². The third-order valence-corrected chi connectivity index (χ3v) is 2.29. The number of hydrogen-bond donors (Lipinski definition) is 0. The van der Waals surface area contributed by atoms with E-state index in [1.54, 1.807) is 0 Å². The lowest BCUT2D eigenvalue weighted by molar-refractivity contribution is -0.237. The van der Waals surface area contributed by atoms with E-state index >= 15 is 0 Å². The summed E-state index contributed by atoms with van der Waals surface area (Å²) in [7, 11) is 0. The van der Waals surface area contributed by atoms with Gasteiger partial charge >= 0.3 is 17.7 Å². The Bertz CT molecular complexity index is 265. The smallest absolute Gasteiger partial charge is 0.390 e. The topological polar surface area (TPSA) is 69.7 Å². The number of carbonyl (C=O) groups excluding carboxylic acids is 3. The van der Waals surface area contributed by atoms with E-state index in [-0.39, 0.29) is 0 Å². The van der Waals surface area contributed by atoms with Crippen LogP contribution in [0, 0.1) is 0 Å². The molecule has 1 aliphatic heterocycles. The van der Waals surface area contributed by atoms with Crippen molar-refractivity contribution < 1.29 is 23.9 Å². The van der Waals surface area contributed by atoms with Crippen molar-refractivity contribution in [2.75, 3.05) is 0 Å². The summed E-state index contributed by atoms with van der Waals surface area (Å²) in [5, 5.41) is 0.